The van der Waals surface area contributed by atoms with Crippen molar-refractivity contribution in [2.24, 2.45) is 11.5 Å². The second kappa shape index (κ2) is 8.17. The maximum atomic E-state index is 12.8. The lowest BCUT2D eigenvalue weighted by atomic mass is 9.94. The van der Waals surface area contributed by atoms with Gasteiger partial charge in [-0.15, -0.1) is 0 Å². The first-order chi connectivity index (χ1) is 11.5. The third-order valence-electron chi connectivity index (χ3n) is 4.79. The van der Waals surface area contributed by atoms with Crippen LogP contribution < -0.4 is 11.5 Å². The highest BCUT2D eigenvalue weighted by molar-refractivity contribution is 6.29. The number of carbonyl (C=O) groups excluding carboxylic acids is 3. The highest BCUT2D eigenvalue weighted by Crippen LogP contribution is 2.27. The van der Waals surface area contributed by atoms with Crippen molar-refractivity contribution >= 4 is 17.8 Å². The van der Waals surface area contributed by atoms with Crippen LogP contribution in [0, 0.1) is 0 Å². The highest BCUT2D eigenvalue weighted by Gasteiger charge is 2.45. The van der Waals surface area contributed by atoms with E-state index in [1.165, 1.54) is 11.3 Å². The molecule has 2 rings (SSSR count). The summed E-state index contributed by atoms with van der Waals surface area (Å²) < 4.78 is 0. The monoisotopic (exact) mass is 336 g/mol. The zero-order chi connectivity index (χ0) is 17.7. The first-order valence-corrected chi connectivity index (χ1v) is 8.93. The van der Waals surface area contributed by atoms with Crippen molar-refractivity contribution in [1.29, 1.82) is 0 Å². The third kappa shape index (κ3) is 3.71. The van der Waals surface area contributed by atoms with E-state index in [1.807, 2.05) is 6.92 Å². The van der Waals surface area contributed by atoms with Crippen molar-refractivity contribution in [2.45, 2.75) is 70.8 Å². The van der Waals surface area contributed by atoms with E-state index in [0.29, 0.717) is 6.42 Å². The molecule has 4 N–H and O–H groups in total. The Morgan fingerprint density at radius 3 is 2.12 bits per heavy atom. The molecule has 24 heavy (non-hydrogen) atoms. The Morgan fingerprint density at radius 1 is 1.00 bits per heavy atom. The van der Waals surface area contributed by atoms with Gasteiger partial charge in [0.1, 0.15) is 11.4 Å². The standard InChI is InChI=1S/C17H28N4O3/c1-2-3-11-20-15(22)13(14(18)19)16(23)21(17(20)24)12-9-7-5-4-6-8-10-12/h12H,2-11,18-19H2,1H3. The normalized spacial score (nSPS) is 21.0. The number of urea groups is 1. The molecular formula is C17H28N4O3. The molecule has 0 atom stereocenters. The van der Waals surface area contributed by atoms with E-state index in [-0.39, 0.29) is 24.0 Å². The molecule has 2 aliphatic rings. The first kappa shape index (κ1) is 18.3. The minimum atomic E-state index is -0.666. The van der Waals surface area contributed by atoms with Crippen LogP contribution in [0.2, 0.25) is 0 Å². The number of imide groups is 2. The third-order valence-corrected chi connectivity index (χ3v) is 4.79. The molecule has 1 aliphatic carbocycles. The topological polar surface area (TPSA) is 110 Å². The Kier molecular flexibility index (Phi) is 6.23. The molecule has 4 amide bonds. The van der Waals surface area contributed by atoms with Gasteiger partial charge in [-0.3, -0.25) is 19.4 Å². The lowest BCUT2D eigenvalue weighted by Gasteiger charge is -2.39. The molecule has 0 radical (unpaired) electrons. The summed E-state index contributed by atoms with van der Waals surface area (Å²) in [6, 6.07) is -0.703. The Balaban J connectivity index is 2.32. The molecule has 0 spiro atoms. The van der Waals surface area contributed by atoms with Gasteiger partial charge in [-0.1, -0.05) is 45.4 Å². The number of hydrogen-bond acceptors (Lipinski definition) is 5. The van der Waals surface area contributed by atoms with Crippen LogP contribution >= 0.6 is 0 Å². The summed E-state index contributed by atoms with van der Waals surface area (Å²) in [6.45, 7) is 2.26. The average molecular weight is 336 g/mol. The summed E-state index contributed by atoms with van der Waals surface area (Å²) in [5.41, 5.74) is 10.9. The van der Waals surface area contributed by atoms with Crippen LogP contribution in [0.3, 0.4) is 0 Å². The molecule has 7 heteroatoms. The molecule has 1 aliphatic heterocycles. The van der Waals surface area contributed by atoms with Gasteiger partial charge in [0.15, 0.2) is 0 Å². The summed E-state index contributed by atoms with van der Waals surface area (Å²) in [5.74, 6) is -1.61. The molecule has 0 aromatic carbocycles. The maximum Gasteiger partial charge on any atom is 0.334 e. The zero-order valence-corrected chi connectivity index (χ0v) is 14.4. The van der Waals surface area contributed by atoms with Crippen molar-refractivity contribution in [3.8, 4) is 0 Å². The summed E-state index contributed by atoms with van der Waals surface area (Å²) in [6.07, 6.45) is 8.41. The minimum Gasteiger partial charge on any atom is -0.385 e. The van der Waals surface area contributed by atoms with Gasteiger partial charge in [-0.2, -0.15) is 0 Å². The maximum absolute atomic E-state index is 12.8. The molecule has 1 heterocycles. The van der Waals surface area contributed by atoms with Crippen LogP contribution in [0.15, 0.2) is 11.4 Å². The number of carbonyl (C=O) groups is 3. The molecular weight excluding hydrogens is 308 g/mol. The van der Waals surface area contributed by atoms with Gasteiger partial charge >= 0.3 is 6.03 Å². The van der Waals surface area contributed by atoms with Crippen LogP contribution in [-0.2, 0) is 9.59 Å². The van der Waals surface area contributed by atoms with Gasteiger partial charge in [-0.05, 0) is 19.3 Å². The van der Waals surface area contributed by atoms with E-state index in [9.17, 15) is 14.4 Å². The van der Waals surface area contributed by atoms with E-state index < -0.39 is 17.8 Å². The van der Waals surface area contributed by atoms with Crippen LogP contribution in [-0.4, -0.2) is 40.2 Å². The number of rotatable bonds is 4. The number of amides is 4. The predicted molar refractivity (Wildman–Crippen MR) is 90.4 cm³/mol. The predicted octanol–water partition coefficient (Wildman–Crippen LogP) is 1.82. The number of nitrogens with zero attached hydrogens (tertiary/aromatic N) is 2. The number of nitrogens with two attached hydrogens (primary N) is 2. The van der Waals surface area contributed by atoms with Crippen molar-refractivity contribution in [3.63, 3.8) is 0 Å². The van der Waals surface area contributed by atoms with Gasteiger partial charge in [0.2, 0.25) is 0 Å². The molecule has 1 saturated carbocycles. The van der Waals surface area contributed by atoms with E-state index in [2.05, 4.69) is 0 Å². The van der Waals surface area contributed by atoms with E-state index in [4.69, 9.17) is 11.5 Å². The fourth-order valence-corrected chi connectivity index (χ4v) is 3.43. The van der Waals surface area contributed by atoms with Crippen molar-refractivity contribution < 1.29 is 14.4 Å². The van der Waals surface area contributed by atoms with Crippen molar-refractivity contribution in [2.75, 3.05) is 6.54 Å². The first-order valence-electron chi connectivity index (χ1n) is 8.93. The van der Waals surface area contributed by atoms with Crippen LogP contribution in [0.25, 0.3) is 0 Å². The summed E-state index contributed by atoms with van der Waals surface area (Å²) in [4.78, 5) is 40.4. The Bertz CT molecular complexity index is 532. The number of barbiturate groups is 1. The Morgan fingerprint density at radius 2 is 1.58 bits per heavy atom. The molecule has 0 bridgehead atoms. The smallest absolute Gasteiger partial charge is 0.334 e. The Hall–Kier alpha value is -2.05. The largest absolute Gasteiger partial charge is 0.385 e. The fraction of sp³-hybridized carbons (Fsp3) is 0.706. The van der Waals surface area contributed by atoms with Crippen molar-refractivity contribution in [1.82, 2.24) is 9.80 Å². The summed E-state index contributed by atoms with van der Waals surface area (Å²) in [5, 5.41) is 0. The van der Waals surface area contributed by atoms with Gasteiger partial charge in [0.25, 0.3) is 11.8 Å². The fourth-order valence-electron chi connectivity index (χ4n) is 3.43. The molecule has 2 fully saturated rings. The van der Waals surface area contributed by atoms with Gasteiger partial charge in [0.05, 0.1) is 0 Å². The second-order valence-corrected chi connectivity index (χ2v) is 6.60. The van der Waals surface area contributed by atoms with Crippen LogP contribution in [0.1, 0.15) is 64.7 Å². The lowest BCUT2D eigenvalue weighted by molar-refractivity contribution is -0.137. The average Bonchev–Trinajstić information content (AvgIpc) is 2.48. The Labute approximate surface area is 143 Å². The van der Waals surface area contributed by atoms with Gasteiger partial charge in [-0.25, -0.2) is 4.79 Å². The van der Waals surface area contributed by atoms with Crippen LogP contribution in [0.4, 0.5) is 4.79 Å². The van der Waals surface area contributed by atoms with E-state index in [1.54, 1.807) is 0 Å². The molecule has 0 aromatic heterocycles. The highest BCUT2D eigenvalue weighted by atomic mass is 16.2. The van der Waals surface area contributed by atoms with Crippen molar-refractivity contribution in [3.05, 3.63) is 11.4 Å². The minimum absolute atomic E-state index is 0.183. The van der Waals surface area contributed by atoms with E-state index in [0.717, 1.165) is 49.8 Å². The number of hydrogen-bond donors (Lipinski definition) is 2. The number of unbranched alkanes of at least 4 members (excludes halogenated alkanes) is 1. The SMILES string of the molecule is CCCCN1C(=O)C(=C(N)N)C(=O)N(C2CCCCCCC2)C1=O. The van der Waals surface area contributed by atoms with E-state index >= 15 is 0 Å². The molecule has 0 aromatic rings. The summed E-state index contributed by atoms with van der Waals surface area (Å²) >= 11 is 0. The van der Waals surface area contributed by atoms with Gasteiger partial charge < -0.3 is 11.5 Å². The molecule has 0 unspecified atom stereocenters. The molecule has 134 valence electrons. The van der Waals surface area contributed by atoms with Crippen LogP contribution in [0.5, 0.6) is 0 Å². The quantitative estimate of drug-likeness (QED) is 0.601. The molecule has 7 nitrogen and oxygen atoms in total. The summed E-state index contributed by atoms with van der Waals surface area (Å²) in [7, 11) is 0. The molecule has 1 saturated heterocycles. The van der Waals surface area contributed by atoms with Gasteiger partial charge in [0, 0.05) is 12.6 Å². The zero-order valence-electron chi connectivity index (χ0n) is 14.4. The second-order valence-electron chi connectivity index (χ2n) is 6.60. The lowest BCUT2D eigenvalue weighted by Crippen LogP contribution is -2.60.